The topological polar surface area (TPSA) is 85.3 Å². The second-order valence-corrected chi connectivity index (χ2v) is 8.35. The van der Waals surface area contributed by atoms with Crippen LogP contribution < -0.4 is 19.1 Å². The molecule has 1 unspecified atom stereocenters. The van der Waals surface area contributed by atoms with Crippen LogP contribution in [-0.4, -0.2) is 38.1 Å². The molecule has 1 atom stereocenters. The number of benzene rings is 3. The SMILES string of the molecule is COc1ccc(C2/C(=C(\O)c3ccc(OC)c(OC)c3)C(=O)C(=O)N2c2ccc(C)c(Cl)c2)cc1. The van der Waals surface area contributed by atoms with Crippen LogP contribution in [0.15, 0.2) is 66.2 Å². The van der Waals surface area contributed by atoms with Crippen molar-refractivity contribution in [3.8, 4) is 17.2 Å². The van der Waals surface area contributed by atoms with Crippen LogP contribution in [-0.2, 0) is 9.59 Å². The predicted molar refractivity (Wildman–Crippen MR) is 134 cm³/mol. The summed E-state index contributed by atoms with van der Waals surface area (Å²) in [5.74, 6) is -0.458. The lowest BCUT2D eigenvalue weighted by atomic mass is 9.95. The number of aryl methyl sites for hydroxylation is 1. The first-order valence-corrected chi connectivity index (χ1v) is 11.1. The Kier molecular flexibility index (Phi) is 6.71. The maximum atomic E-state index is 13.3. The number of nitrogens with zero attached hydrogens (tertiary/aromatic N) is 1. The number of amides is 1. The van der Waals surface area contributed by atoms with Crippen LogP contribution in [0.2, 0.25) is 5.02 Å². The Bertz CT molecular complexity index is 1330. The third-order valence-electron chi connectivity index (χ3n) is 5.97. The molecule has 7 nitrogen and oxygen atoms in total. The smallest absolute Gasteiger partial charge is 0.300 e. The van der Waals surface area contributed by atoms with Crippen molar-refractivity contribution < 1.29 is 28.9 Å². The normalized spacial score (nSPS) is 16.9. The zero-order valence-electron chi connectivity index (χ0n) is 19.7. The second-order valence-electron chi connectivity index (χ2n) is 7.95. The number of ether oxygens (including phenoxy) is 3. The van der Waals surface area contributed by atoms with Crippen LogP contribution in [0.1, 0.15) is 22.7 Å². The molecule has 0 spiro atoms. The summed E-state index contributed by atoms with van der Waals surface area (Å²) in [5, 5.41) is 11.8. The highest BCUT2D eigenvalue weighted by molar-refractivity contribution is 6.51. The number of Topliss-reactive ketones (excluding diaryl/α,β-unsaturated/α-hetero) is 1. The predicted octanol–water partition coefficient (Wildman–Crippen LogP) is 5.30. The molecular weight excluding hydrogens is 470 g/mol. The van der Waals surface area contributed by atoms with E-state index in [-0.39, 0.29) is 11.3 Å². The molecule has 1 aliphatic heterocycles. The van der Waals surface area contributed by atoms with Crippen LogP contribution in [0.3, 0.4) is 0 Å². The van der Waals surface area contributed by atoms with E-state index in [1.807, 2.05) is 6.92 Å². The van der Waals surface area contributed by atoms with Crippen molar-refractivity contribution in [1.29, 1.82) is 0 Å². The highest BCUT2D eigenvalue weighted by atomic mass is 35.5. The standard InChI is InChI=1S/C27H24ClNO6/c1-15-5-9-18(14-20(15)28)29-24(16-6-10-19(33-2)11-7-16)23(26(31)27(29)32)25(30)17-8-12-21(34-3)22(13-17)35-4/h5-14,24,30H,1-4H3/b25-23+. The Labute approximate surface area is 208 Å². The molecule has 4 rings (SSSR count). The monoisotopic (exact) mass is 493 g/mol. The molecule has 0 aromatic heterocycles. The maximum Gasteiger partial charge on any atom is 0.300 e. The van der Waals surface area contributed by atoms with Crippen molar-refractivity contribution in [3.05, 3.63) is 87.9 Å². The van der Waals surface area contributed by atoms with Crippen molar-refractivity contribution >= 4 is 34.7 Å². The summed E-state index contributed by atoms with van der Waals surface area (Å²) < 4.78 is 15.9. The molecule has 1 fully saturated rings. The third-order valence-corrected chi connectivity index (χ3v) is 6.37. The summed E-state index contributed by atoms with van der Waals surface area (Å²) in [6, 6.07) is 16.0. The summed E-state index contributed by atoms with van der Waals surface area (Å²) in [4.78, 5) is 28.0. The number of aliphatic hydroxyl groups excluding tert-OH is 1. The lowest BCUT2D eigenvalue weighted by Crippen LogP contribution is -2.29. The molecule has 0 bridgehead atoms. The number of hydrogen-bond acceptors (Lipinski definition) is 6. The Hall–Kier alpha value is -3.97. The molecule has 180 valence electrons. The van der Waals surface area contributed by atoms with Crippen molar-refractivity contribution in [3.63, 3.8) is 0 Å². The van der Waals surface area contributed by atoms with Crippen molar-refractivity contribution in [2.24, 2.45) is 0 Å². The first-order chi connectivity index (χ1) is 16.8. The summed E-state index contributed by atoms with van der Waals surface area (Å²) in [6.45, 7) is 1.85. The number of halogens is 1. The lowest BCUT2D eigenvalue weighted by Gasteiger charge is -2.26. The molecule has 0 aliphatic carbocycles. The first-order valence-electron chi connectivity index (χ1n) is 10.7. The van der Waals surface area contributed by atoms with Crippen LogP contribution >= 0.6 is 11.6 Å². The van der Waals surface area contributed by atoms with E-state index in [1.165, 1.54) is 19.1 Å². The van der Waals surface area contributed by atoms with E-state index in [9.17, 15) is 14.7 Å². The summed E-state index contributed by atoms with van der Waals surface area (Å²) >= 11 is 6.34. The largest absolute Gasteiger partial charge is 0.507 e. The van der Waals surface area contributed by atoms with Crippen LogP contribution in [0.5, 0.6) is 17.2 Å². The Balaban J connectivity index is 1.94. The first kappa shape index (κ1) is 24.2. The highest BCUT2D eigenvalue weighted by Gasteiger charge is 2.47. The molecule has 1 amide bonds. The number of carbonyl (C=O) groups is 2. The van der Waals surface area contributed by atoms with Gasteiger partial charge in [-0.3, -0.25) is 14.5 Å². The minimum atomic E-state index is -0.896. The van der Waals surface area contributed by atoms with E-state index in [2.05, 4.69) is 0 Å². The van der Waals surface area contributed by atoms with Gasteiger partial charge < -0.3 is 19.3 Å². The average Bonchev–Trinajstić information content (AvgIpc) is 3.15. The highest BCUT2D eigenvalue weighted by Crippen LogP contribution is 2.44. The molecule has 0 saturated carbocycles. The van der Waals surface area contributed by atoms with Gasteiger partial charge in [0.1, 0.15) is 11.5 Å². The molecule has 3 aromatic rings. The Morgan fingerprint density at radius 3 is 2.17 bits per heavy atom. The maximum absolute atomic E-state index is 13.3. The fourth-order valence-electron chi connectivity index (χ4n) is 4.07. The molecule has 1 N–H and O–H groups in total. The minimum Gasteiger partial charge on any atom is -0.507 e. The molecule has 1 aliphatic rings. The van der Waals surface area contributed by atoms with Gasteiger partial charge in [-0.05, 0) is 60.5 Å². The lowest BCUT2D eigenvalue weighted by molar-refractivity contribution is -0.132. The van der Waals surface area contributed by atoms with Crippen LogP contribution in [0.4, 0.5) is 5.69 Å². The van der Waals surface area contributed by atoms with Gasteiger partial charge in [0.25, 0.3) is 11.7 Å². The van der Waals surface area contributed by atoms with E-state index in [0.29, 0.717) is 39.1 Å². The molecular formula is C27H24ClNO6. The number of rotatable bonds is 6. The molecule has 35 heavy (non-hydrogen) atoms. The van der Waals surface area contributed by atoms with E-state index in [4.69, 9.17) is 25.8 Å². The van der Waals surface area contributed by atoms with E-state index in [1.54, 1.807) is 67.8 Å². The third kappa shape index (κ3) is 4.31. The summed E-state index contributed by atoms with van der Waals surface area (Å²) in [7, 11) is 4.52. The number of anilines is 1. The minimum absolute atomic E-state index is 0.0518. The van der Waals surface area contributed by atoms with Crippen molar-refractivity contribution in [2.75, 3.05) is 26.2 Å². The quantitative estimate of drug-likeness (QED) is 0.285. The van der Waals surface area contributed by atoms with Crippen molar-refractivity contribution in [2.45, 2.75) is 13.0 Å². The van der Waals surface area contributed by atoms with Crippen LogP contribution in [0, 0.1) is 6.92 Å². The number of hydrogen-bond donors (Lipinski definition) is 1. The van der Waals surface area contributed by atoms with Gasteiger partial charge in [-0.15, -0.1) is 0 Å². The fourth-order valence-corrected chi connectivity index (χ4v) is 4.25. The molecule has 8 heteroatoms. The second kappa shape index (κ2) is 9.72. The van der Waals surface area contributed by atoms with Gasteiger partial charge in [0, 0.05) is 16.3 Å². The van der Waals surface area contributed by atoms with Gasteiger partial charge in [0.15, 0.2) is 11.5 Å². The summed E-state index contributed by atoms with van der Waals surface area (Å²) in [5.41, 5.74) is 2.14. The number of carbonyl (C=O) groups excluding carboxylic acids is 2. The Morgan fingerprint density at radius 2 is 1.57 bits per heavy atom. The van der Waals surface area contributed by atoms with Gasteiger partial charge in [-0.2, -0.15) is 0 Å². The van der Waals surface area contributed by atoms with Crippen molar-refractivity contribution in [1.82, 2.24) is 0 Å². The zero-order valence-corrected chi connectivity index (χ0v) is 20.4. The molecule has 0 radical (unpaired) electrons. The average molecular weight is 494 g/mol. The molecule has 1 heterocycles. The zero-order chi connectivity index (χ0) is 25.3. The fraction of sp³-hybridized carbons (Fsp3) is 0.185. The molecule has 3 aromatic carbocycles. The number of aliphatic hydroxyl groups is 1. The van der Waals surface area contributed by atoms with Gasteiger partial charge >= 0.3 is 0 Å². The number of methoxy groups -OCH3 is 3. The van der Waals surface area contributed by atoms with Gasteiger partial charge in [-0.1, -0.05) is 29.8 Å². The van der Waals surface area contributed by atoms with Gasteiger partial charge in [0.05, 0.1) is 32.9 Å². The van der Waals surface area contributed by atoms with Gasteiger partial charge in [-0.25, -0.2) is 0 Å². The number of ketones is 1. The van der Waals surface area contributed by atoms with Crippen LogP contribution in [0.25, 0.3) is 5.76 Å². The van der Waals surface area contributed by atoms with E-state index < -0.39 is 17.7 Å². The van der Waals surface area contributed by atoms with E-state index >= 15 is 0 Å². The van der Waals surface area contributed by atoms with Gasteiger partial charge in [0.2, 0.25) is 0 Å². The summed E-state index contributed by atoms with van der Waals surface area (Å²) in [6.07, 6.45) is 0. The Morgan fingerprint density at radius 1 is 0.886 bits per heavy atom. The molecule has 1 saturated heterocycles. The van der Waals surface area contributed by atoms with E-state index in [0.717, 1.165) is 5.56 Å².